The van der Waals surface area contributed by atoms with Crippen LogP contribution in [-0.4, -0.2) is 37.0 Å². The average Bonchev–Trinajstić information content (AvgIpc) is 2.92. The molecule has 204 valence electrons. The SMILES string of the molecule is CCCCCCCCCCCCCCCCN(OC1CCCCO1)C(=O)c1ccc2c(c1)CNCC2. The van der Waals surface area contributed by atoms with Gasteiger partial charge in [0.2, 0.25) is 0 Å². The molecule has 0 aromatic heterocycles. The predicted molar refractivity (Wildman–Crippen MR) is 148 cm³/mol. The summed E-state index contributed by atoms with van der Waals surface area (Å²) in [5.41, 5.74) is 3.30. The molecule has 0 aliphatic carbocycles. The van der Waals surface area contributed by atoms with Gasteiger partial charge in [-0.25, -0.2) is 9.90 Å². The number of hydrogen-bond donors (Lipinski definition) is 1. The molecule has 36 heavy (non-hydrogen) atoms. The number of ether oxygens (including phenoxy) is 1. The first kappa shape index (κ1) is 29.1. The molecule has 1 saturated heterocycles. The first-order valence-corrected chi connectivity index (χ1v) is 15.2. The minimum atomic E-state index is -0.298. The molecule has 1 N–H and O–H groups in total. The summed E-state index contributed by atoms with van der Waals surface area (Å²) in [5, 5.41) is 5.00. The van der Waals surface area contributed by atoms with Crippen LogP contribution in [0.15, 0.2) is 18.2 Å². The molecule has 3 rings (SSSR count). The maximum absolute atomic E-state index is 13.4. The van der Waals surface area contributed by atoms with Crippen molar-refractivity contribution in [1.82, 2.24) is 10.4 Å². The molecule has 5 heteroatoms. The molecule has 0 spiro atoms. The molecular weight excluding hydrogens is 448 g/mol. The van der Waals surface area contributed by atoms with Gasteiger partial charge in [-0.3, -0.25) is 4.79 Å². The number of amides is 1. The number of unbranched alkanes of at least 4 members (excludes halogenated alkanes) is 13. The lowest BCUT2D eigenvalue weighted by Gasteiger charge is -2.30. The van der Waals surface area contributed by atoms with Gasteiger partial charge in [0, 0.05) is 31.7 Å². The zero-order valence-corrected chi connectivity index (χ0v) is 23.0. The fourth-order valence-corrected chi connectivity index (χ4v) is 5.35. The van der Waals surface area contributed by atoms with Crippen LogP contribution in [0, 0.1) is 0 Å². The van der Waals surface area contributed by atoms with E-state index in [4.69, 9.17) is 9.57 Å². The van der Waals surface area contributed by atoms with Gasteiger partial charge in [0.1, 0.15) is 0 Å². The van der Waals surface area contributed by atoms with E-state index in [1.165, 1.54) is 88.2 Å². The molecular formula is C31H52N2O3. The number of fused-ring (bicyclic) bond motifs is 1. The van der Waals surface area contributed by atoms with E-state index in [1.807, 2.05) is 12.1 Å². The zero-order valence-electron chi connectivity index (χ0n) is 23.0. The van der Waals surface area contributed by atoms with E-state index >= 15 is 0 Å². The highest BCUT2D eigenvalue weighted by atomic mass is 16.8. The summed E-state index contributed by atoms with van der Waals surface area (Å²) in [6.07, 6.45) is 22.3. The largest absolute Gasteiger partial charge is 0.350 e. The van der Waals surface area contributed by atoms with Crippen LogP contribution in [0.1, 0.15) is 138 Å². The van der Waals surface area contributed by atoms with Gasteiger partial charge in [-0.05, 0) is 55.5 Å². The minimum Gasteiger partial charge on any atom is -0.350 e. The van der Waals surface area contributed by atoms with Crippen LogP contribution in [0.4, 0.5) is 0 Å². The normalized spacial score (nSPS) is 17.6. The van der Waals surface area contributed by atoms with Gasteiger partial charge in [0.05, 0.1) is 0 Å². The number of hydroxylamine groups is 2. The van der Waals surface area contributed by atoms with Gasteiger partial charge in [0.25, 0.3) is 5.91 Å². The third kappa shape index (κ3) is 10.9. The van der Waals surface area contributed by atoms with Crippen molar-refractivity contribution >= 4 is 5.91 Å². The van der Waals surface area contributed by atoms with Crippen molar-refractivity contribution in [3.05, 3.63) is 34.9 Å². The standard InChI is InChI=1S/C31H52N2O3/c1-2-3-4-5-6-7-8-9-10-11-12-13-14-16-23-33(36-30-18-15-17-24-35-30)31(34)28-20-19-27-21-22-32-26-29(27)25-28/h19-20,25,30,32H,2-18,21-24,26H2,1H3. The van der Waals surface area contributed by atoms with Crippen LogP contribution in [0.5, 0.6) is 0 Å². The topological polar surface area (TPSA) is 50.8 Å². The Kier molecular flexibility index (Phi) is 14.5. The first-order valence-electron chi connectivity index (χ1n) is 15.2. The second-order valence-electron chi connectivity index (χ2n) is 10.8. The molecule has 1 aromatic carbocycles. The molecule has 1 fully saturated rings. The van der Waals surface area contributed by atoms with Crippen LogP contribution in [0.3, 0.4) is 0 Å². The number of carbonyl (C=O) groups is 1. The van der Waals surface area contributed by atoms with Crippen LogP contribution in [0.2, 0.25) is 0 Å². The van der Waals surface area contributed by atoms with E-state index in [1.54, 1.807) is 5.06 Å². The summed E-state index contributed by atoms with van der Waals surface area (Å²) < 4.78 is 5.78. The molecule has 1 aromatic rings. The summed E-state index contributed by atoms with van der Waals surface area (Å²) in [6.45, 7) is 5.47. The van der Waals surface area contributed by atoms with E-state index in [0.29, 0.717) is 6.54 Å². The summed E-state index contributed by atoms with van der Waals surface area (Å²) in [4.78, 5) is 19.5. The van der Waals surface area contributed by atoms with E-state index in [2.05, 4.69) is 18.3 Å². The lowest BCUT2D eigenvalue weighted by atomic mass is 9.98. The van der Waals surface area contributed by atoms with Gasteiger partial charge < -0.3 is 10.1 Å². The Hall–Kier alpha value is -1.43. The minimum absolute atomic E-state index is 0.0350. The molecule has 5 nitrogen and oxygen atoms in total. The fraction of sp³-hybridized carbons (Fsp3) is 0.774. The second-order valence-corrected chi connectivity index (χ2v) is 10.8. The van der Waals surface area contributed by atoms with Gasteiger partial charge >= 0.3 is 0 Å². The number of hydrogen-bond acceptors (Lipinski definition) is 4. The quantitative estimate of drug-likeness (QED) is 0.166. The molecule has 2 heterocycles. The van der Waals surface area contributed by atoms with E-state index in [9.17, 15) is 4.79 Å². The smallest absolute Gasteiger partial charge is 0.277 e. The predicted octanol–water partition coefficient (Wildman–Crippen LogP) is 7.71. The lowest BCUT2D eigenvalue weighted by Crippen LogP contribution is -2.38. The Balaban J connectivity index is 1.34. The Labute approximate surface area is 220 Å². The highest BCUT2D eigenvalue weighted by Crippen LogP contribution is 2.21. The summed E-state index contributed by atoms with van der Waals surface area (Å²) in [5.74, 6) is -0.0350. The van der Waals surface area contributed by atoms with Crippen molar-refractivity contribution < 1.29 is 14.4 Å². The van der Waals surface area contributed by atoms with E-state index in [0.717, 1.165) is 63.8 Å². The maximum Gasteiger partial charge on any atom is 0.277 e. The van der Waals surface area contributed by atoms with Gasteiger partial charge in [-0.1, -0.05) is 96.5 Å². The molecule has 1 atom stereocenters. The molecule has 0 saturated carbocycles. The molecule has 1 unspecified atom stereocenters. The van der Waals surface area contributed by atoms with Gasteiger partial charge in [-0.2, -0.15) is 0 Å². The number of nitrogens with zero attached hydrogens (tertiary/aromatic N) is 1. The van der Waals surface area contributed by atoms with Crippen LogP contribution < -0.4 is 5.32 Å². The third-order valence-electron chi connectivity index (χ3n) is 7.66. The highest BCUT2D eigenvalue weighted by molar-refractivity contribution is 5.93. The molecule has 0 radical (unpaired) electrons. The molecule has 2 aliphatic heterocycles. The van der Waals surface area contributed by atoms with Crippen molar-refractivity contribution in [3.63, 3.8) is 0 Å². The first-order chi connectivity index (χ1) is 17.8. The monoisotopic (exact) mass is 500 g/mol. The second kappa shape index (κ2) is 17.9. The van der Waals surface area contributed by atoms with Gasteiger partial charge in [0.15, 0.2) is 6.29 Å². The van der Waals surface area contributed by atoms with E-state index < -0.39 is 0 Å². The summed E-state index contributed by atoms with van der Waals surface area (Å²) >= 11 is 0. The Morgan fingerprint density at radius 1 is 0.917 bits per heavy atom. The number of benzene rings is 1. The van der Waals surface area contributed by atoms with Crippen molar-refractivity contribution in [1.29, 1.82) is 0 Å². The Morgan fingerprint density at radius 2 is 1.58 bits per heavy atom. The van der Waals surface area contributed by atoms with Crippen LogP contribution in [0.25, 0.3) is 0 Å². The number of nitrogens with one attached hydrogen (secondary N) is 1. The number of rotatable bonds is 18. The number of carbonyl (C=O) groups excluding carboxylic acids is 1. The summed E-state index contributed by atoms with van der Waals surface area (Å²) in [6, 6.07) is 6.13. The maximum atomic E-state index is 13.4. The van der Waals surface area contributed by atoms with Crippen molar-refractivity contribution in [2.45, 2.75) is 135 Å². The Bertz CT molecular complexity index is 733. The third-order valence-corrected chi connectivity index (χ3v) is 7.66. The lowest BCUT2D eigenvalue weighted by molar-refractivity contribution is -0.267. The van der Waals surface area contributed by atoms with Crippen molar-refractivity contribution in [3.8, 4) is 0 Å². The van der Waals surface area contributed by atoms with Crippen molar-refractivity contribution in [2.75, 3.05) is 19.7 Å². The Morgan fingerprint density at radius 3 is 2.22 bits per heavy atom. The molecule has 2 aliphatic rings. The zero-order chi connectivity index (χ0) is 25.3. The van der Waals surface area contributed by atoms with Crippen LogP contribution in [-0.2, 0) is 22.5 Å². The summed E-state index contributed by atoms with van der Waals surface area (Å²) in [7, 11) is 0. The average molecular weight is 501 g/mol. The molecule has 0 bridgehead atoms. The van der Waals surface area contributed by atoms with Crippen LogP contribution >= 0.6 is 0 Å². The van der Waals surface area contributed by atoms with E-state index in [-0.39, 0.29) is 12.2 Å². The van der Waals surface area contributed by atoms with Crippen molar-refractivity contribution in [2.24, 2.45) is 0 Å². The van der Waals surface area contributed by atoms with Gasteiger partial charge in [-0.15, -0.1) is 0 Å². The fourth-order valence-electron chi connectivity index (χ4n) is 5.35. The molecule has 1 amide bonds. The highest BCUT2D eigenvalue weighted by Gasteiger charge is 2.24.